The predicted octanol–water partition coefficient (Wildman–Crippen LogP) is 2.83. The molecule has 88 valence electrons. The van der Waals surface area contributed by atoms with E-state index in [0.717, 1.165) is 22.8 Å². The van der Waals surface area contributed by atoms with Crippen LogP contribution in [0.2, 0.25) is 0 Å². The van der Waals surface area contributed by atoms with Gasteiger partial charge in [0, 0.05) is 11.8 Å². The van der Waals surface area contributed by atoms with Crippen molar-refractivity contribution in [3.8, 4) is 17.1 Å². The first-order chi connectivity index (χ1) is 8.13. The highest BCUT2D eigenvalue weighted by Gasteiger charge is 2.11. The molecule has 17 heavy (non-hydrogen) atoms. The van der Waals surface area contributed by atoms with E-state index in [1.807, 2.05) is 26.0 Å². The van der Waals surface area contributed by atoms with Crippen molar-refractivity contribution in [2.75, 3.05) is 7.11 Å². The zero-order valence-corrected chi connectivity index (χ0v) is 10.8. The molecule has 0 atom stereocenters. The molecule has 0 fully saturated rings. The minimum absolute atomic E-state index is 0.587. The van der Waals surface area contributed by atoms with Crippen LogP contribution in [0.15, 0.2) is 18.3 Å². The fourth-order valence-electron chi connectivity index (χ4n) is 1.63. The number of methoxy groups -OCH3 is 1. The second-order valence-electron chi connectivity index (χ2n) is 3.68. The molecule has 5 heteroatoms. The Morgan fingerprint density at radius 3 is 2.82 bits per heavy atom. The molecule has 0 amide bonds. The third kappa shape index (κ3) is 2.19. The Kier molecular flexibility index (Phi) is 3.19. The molecule has 0 aliphatic heterocycles. The molecule has 2 rings (SSSR count). The zero-order valence-electron chi connectivity index (χ0n) is 9.94. The van der Waals surface area contributed by atoms with E-state index in [2.05, 4.69) is 15.0 Å². The van der Waals surface area contributed by atoms with Crippen molar-refractivity contribution in [1.82, 2.24) is 15.0 Å². The Bertz CT molecular complexity index is 607. The number of pyridine rings is 1. The van der Waals surface area contributed by atoms with E-state index >= 15 is 0 Å². The SMILES string of the molecule is COc1cccnc1-c1[nH]c(C)nc(=S)c1C. The van der Waals surface area contributed by atoms with E-state index in [-0.39, 0.29) is 0 Å². The molecule has 2 aromatic rings. The van der Waals surface area contributed by atoms with E-state index in [1.165, 1.54) is 0 Å². The van der Waals surface area contributed by atoms with Crippen molar-refractivity contribution < 1.29 is 4.74 Å². The average molecular weight is 247 g/mol. The number of ether oxygens (including phenoxy) is 1. The summed E-state index contributed by atoms with van der Waals surface area (Å²) in [5.41, 5.74) is 2.52. The molecular formula is C12H13N3OS. The summed E-state index contributed by atoms with van der Waals surface area (Å²) in [5, 5.41) is 0. The van der Waals surface area contributed by atoms with Crippen molar-refractivity contribution in [2.45, 2.75) is 13.8 Å². The van der Waals surface area contributed by atoms with Crippen molar-refractivity contribution in [1.29, 1.82) is 0 Å². The maximum atomic E-state index is 5.30. The van der Waals surface area contributed by atoms with Gasteiger partial charge in [-0.1, -0.05) is 12.2 Å². The highest BCUT2D eigenvalue weighted by Crippen LogP contribution is 2.28. The standard InChI is InChI=1S/C12H13N3OS/c1-7-10(14-8(2)15-12(7)17)11-9(16-3)5-4-6-13-11/h4-6H,1-3H3,(H,14,15,17). The summed E-state index contributed by atoms with van der Waals surface area (Å²) in [6.07, 6.45) is 1.73. The van der Waals surface area contributed by atoms with Crippen molar-refractivity contribution >= 4 is 12.2 Å². The molecule has 4 nitrogen and oxygen atoms in total. The Hall–Kier alpha value is -1.75. The second kappa shape index (κ2) is 4.63. The van der Waals surface area contributed by atoms with Crippen LogP contribution >= 0.6 is 12.2 Å². The van der Waals surface area contributed by atoms with Crippen molar-refractivity contribution in [2.24, 2.45) is 0 Å². The van der Waals surface area contributed by atoms with Crippen LogP contribution in [0.5, 0.6) is 5.75 Å². The van der Waals surface area contributed by atoms with E-state index in [9.17, 15) is 0 Å². The highest BCUT2D eigenvalue weighted by atomic mass is 32.1. The van der Waals surface area contributed by atoms with Gasteiger partial charge in [-0.25, -0.2) is 4.98 Å². The van der Waals surface area contributed by atoms with Crippen LogP contribution in [0.1, 0.15) is 11.4 Å². The second-order valence-corrected chi connectivity index (χ2v) is 4.07. The van der Waals surface area contributed by atoms with Gasteiger partial charge in [0.05, 0.1) is 12.8 Å². The first-order valence-electron chi connectivity index (χ1n) is 5.20. The fourth-order valence-corrected chi connectivity index (χ4v) is 1.86. The maximum absolute atomic E-state index is 5.30. The Labute approximate surface area is 105 Å². The number of aromatic amines is 1. The van der Waals surface area contributed by atoms with Gasteiger partial charge in [-0.2, -0.15) is 0 Å². The van der Waals surface area contributed by atoms with Gasteiger partial charge in [0.15, 0.2) is 0 Å². The number of nitrogens with one attached hydrogen (secondary N) is 1. The average Bonchev–Trinajstić information content (AvgIpc) is 2.33. The summed E-state index contributed by atoms with van der Waals surface area (Å²) in [6.45, 7) is 3.79. The number of aromatic nitrogens is 3. The topological polar surface area (TPSA) is 50.8 Å². The summed E-state index contributed by atoms with van der Waals surface area (Å²) in [5.74, 6) is 1.48. The largest absolute Gasteiger partial charge is 0.494 e. The summed E-state index contributed by atoms with van der Waals surface area (Å²) in [4.78, 5) is 11.7. The van der Waals surface area contributed by atoms with Crippen molar-refractivity contribution in [3.05, 3.63) is 34.4 Å². The van der Waals surface area contributed by atoms with Gasteiger partial charge in [-0.05, 0) is 26.0 Å². The van der Waals surface area contributed by atoms with Crippen LogP contribution in [0.25, 0.3) is 11.4 Å². The minimum Gasteiger partial charge on any atom is -0.494 e. The third-order valence-electron chi connectivity index (χ3n) is 2.50. The van der Waals surface area contributed by atoms with Crippen LogP contribution in [-0.4, -0.2) is 22.1 Å². The summed E-state index contributed by atoms with van der Waals surface area (Å²) < 4.78 is 5.88. The fraction of sp³-hybridized carbons (Fsp3) is 0.250. The molecule has 1 N–H and O–H groups in total. The Balaban J connectivity index is 2.72. The molecule has 0 saturated heterocycles. The lowest BCUT2D eigenvalue weighted by atomic mass is 10.1. The molecular weight excluding hydrogens is 234 g/mol. The molecule has 2 heterocycles. The van der Waals surface area contributed by atoms with Gasteiger partial charge in [-0.15, -0.1) is 0 Å². The predicted molar refractivity (Wildman–Crippen MR) is 68.7 cm³/mol. The molecule has 0 saturated carbocycles. The molecule has 0 radical (unpaired) electrons. The summed E-state index contributed by atoms with van der Waals surface area (Å²) in [7, 11) is 1.62. The number of H-pyrrole nitrogens is 1. The molecule has 0 aromatic carbocycles. The molecule has 0 aliphatic rings. The first-order valence-corrected chi connectivity index (χ1v) is 5.61. The normalized spacial score (nSPS) is 10.3. The van der Waals surface area contributed by atoms with Crippen LogP contribution in [0.3, 0.4) is 0 Å². The van der Waals surface area contributed by atoms with Gasteiger partial charge >= 0.3 is 0 Å². The monoisotopic (exact) mass is 247 g/mol. The number of nitrogens with zero attached hydrogens (tertiary/aromatic N) is 2. The van der Waals surface area contributed by atoms with Crippen LogP contribution in [0.4, 0.5) is 0 Å². The first kappa shape index (κ1) is 11.7. The third-order valence-corrected chi connectivity index (χ3v) is 2.90. The number of aryl methyl sites for hydroxylation is 1. The maximum Gasteiger partial charge on any atom is 0.146 e. The van der Waals surface area contributed by atoms with Crippen LogP contribution in [0, 0.1) is 18.5 Å². The smallest absolute Gasteiger partial charge is 0.146 e. The van der Waals surface area contributed by atoms with E-state index in [4.69, 9.17) is 17.0 Å². The van der Waals surface area contributed by atoms with Crippen LogP contribution in [-0.2, 0) is 0 Å². The molecule has 0 unspecified atom stereocenters. The Morgan fingerprint density at radius 1 is 1.35 bits per heavy atom. The van der Waals surface area contributed by atoms with E-state index in [0.29, 0.717) is 10.4 Å². The molecule has 0 bridgehead atoms. The quantitative estimate of drug-likeness (QED) is 0.829. The van der Waals surface area contributed by atoms with E-state index < -0.39 is 0 Å². The lowest BCUT2D eigenvalue weighted by molar-refractivity contribution is 0.414. The molecule has 0 aliphatic carbocycles. The van der Waals surface area contributed by atoms with E-state index in [1.54, 1.807) is 13.3 Å². The van der Waals surface area contributed by atoms with Gasteiger partial charge in [-0.3, -0.25) is 4.98 Å². The molecule has 0 spiro atoms. The van der Waals surface area contributed by atoms with Gasteiger partial charge in [0.2, 0.25) is 0 Å². The number of rotatable bonds is 2. The number of hydrogen-bond acceptors (Lipinski definition) is 4. The molecule has 2 aromatic heterocycles. The summed E-state index contributed by atoms with van der Waals surface area (Å²) in [6, 6.07) is 3.70. The Morgan fingerprint density at radius 2 is 2.12 bits per heavy atom. The minimum atomic E-state index is 0.587. The number of hydrogen-bond donors (Lipinski definition) is 1. The lowest BCUT2D eigenvalue weighted by Gasteiger charge is -2.10. The summed E-state index contributed by atoms with van der Waals surface area (Å²) >= 11 is 5.21. The van der Waals surface area contributed by atoms with Crippen molar-refractivity contribution in [3.63, 3.8) is 0 Å². The zero-order chi connectivity index (χ0) is 12.4. The van der Waals surface area contributed by atoms with Gasteiger partial charge < -0.3 is 9.72 Å². The van der Waals surface area contributed by atoms with Gasteiger partial charge in [0.25, 0.3) is 0 Å². The van der Waals surface area contributed by atoms with Gasteiger partial charge in [0.1, 0.15) is 21.9 Å². The highest BCUT2D eigenvalue weighted by molar-refractivity contribution is 7.71. The lowest BCUT2D eigenvalue weighted by Crippen LogP contribution is -1.99. The van der Waals surface area contributed by atoms with Crippen LogP contribution < -0.4 is 4.74 Å².